The van der Waals surface area contributed by atoms with E-state index in [1.165, 1.54) is 44.9 Å². The molecule has 0 bridgehead atoms. The molecule has 0 saturated carbocycles. The van der Waals surface area contributed by atoms with Crippen molar-refractivity contribution in [3.63, 3.8) is 0 Å². The molecular formula is C17H32O3. The van der Waals surface area contributed by atoms with E-state index in [4.69, 9.17) is 5.11 Å². The van der Waals surface area contributed by atoms with Gasteiger partial charge in [0.15, 0.2) is 0 Å². The number of carboxylic acids is 1. The first-order valence-corrected chi connectivity index (χ1v) is 8.36. The molecular weight excluding hydrogens is 252 g/mol. The molecule has 0 heterocycles. The summed E-state index contributed by atoms with van der Waals surface area (Å²) >= 11 is 0. The predicted molar refractivity (Wildman–Crippen MR) is 82.9 cm³/mol. The second kappa shape index (κ2) is 14.5. The van der Waals surface area contributed by atoms with Gasteiger partial charge < -0.3 is 9.90 Å². The minimum atomic E-state index is -0.719. The molecule has 3 heteroatoms. The average molecular weight is 284 g/mol. The molecule has 0 rings (SSSR count). The minimum absolute atomic E-state index is 0.255. The summed E-state index contributed by atoms with van der Waals surface area (Å²) in [4.78, 5) is 21.1. The van der Waals surface area contributed by atoms with Gasteiger partial charge in [0.1, 0.15) is 6.29 Å². The lowest BCUT2D eigenvalue weighted by Gasteiger charge is -2.13. The van der Waals surface area contributed by atoms with Gasteiger partial charge in [0.25, 0.3) is 0 Å². The molecule has 0 fully saturated rings. The number of carbonyl (C=O) groups excluding carboxylic acids is 1. The van der Waals surface area contributed by atoms with Crippen molar-refractivity contribution in [1.29, 1.82) is 0 Å². The molecule has 0 spiro atoms. The van der Waals surface area contributed by atoms with Gasteiger partial charge in [0, 0.05) is 12.8 Å². The van der Waals surface area contributed by atoms with E-state index in [-0.39, 0.29) is 6.42 Å². The van der Waals surface area contributed by atoms with Gasteiger partial charge in [0.05, 0.1) is 0 Å². The first kappa shape index (κ1) is 19.1. The normalized spacial score (nSPS) is 12.2. The van der Waals surface area contributed by atoms with Gasteiger partial charge in [-0.2, -0.15) is 0 Å². The topological polar surface area (TPSA) is 54.4 Å². The third-order valence-corrected chi connectivity index (χ3v) is 3.90. The van der Waals surface area contributed by atoms with Crippen molar-refractivity contribution in [1.82, 2.24) is 0 Å². The Hall–Kier alpha value is -0.860. The maximum absolute atomic E-state index is 10.7. The first-order chi connectivity index (χ1) is 9.70. The molecule has 0 aromatic carbocycles. The molecule has 1 unspecified atom stereocenters. The number of carbonyl (C=O) groups is 2. The molecule has 0 saturated heterocycles. The molecule has 3 nitrogen and oxygen atoms in total. The highest BCUT2D eigenvalue weighted by Crippen LogP contribution is 2.20. The lowest BCUT2D eigenvalue weighted by atomic mass is 9.92. The van der Waals surface area contributed by atoms with Crippen LogP contribution in [-0.2, 0) is 9.59 Å². The maximum Gasteiger partial charge on any atom is 0.303 e. The largest absolute Gasteiger partial charge is 0.481 e. The molecule has 0 aromatic heterocycles. The third kappa shape index (κ3) is 13.6. The summed E-state index contributed by atoms with van der Waals surface area (Å²) in [5.41, 5.74) is 0. The lowest BCUT2D eigenvalue weighted by Crippen LogP contribution is -2.03. The molecule has 0 aliphatic carbocycles. The number of hydrogen-bond donors (Lipinski definition) is 1. The summed E-state index contributed by atoms with van der Waals surface area (Å²) in [6, 6.07) is 0. The highest BCUT2D eigenvalue weighted by molar-refractivity contribution is 5.66. The van der Waals surface area contributed by atoms with Gasteiger partial charge >= 0.3 is 5.97 Å². The smallest absolute Gasteiger partial charge is 0.303 e. The summed E-state index contributed by atoms with van der Waals surface area (Å²) in [7, 11) is 0. The van der Waals surface area contributed by atoms with Crippen LogP contribution in [0.4, 0.5) is 0 Å². The van der Waals surface area contributed by atoms with Gasteiger partial charge in [-0.05, 0) is 12.3 Å². The Morgan fingerprint density at radius 1 is 0.950 bits per heavy atom. The Kier molecular flexibility index (Phi) is 13.9. The second-order valence-corrected chi connectivity index (χ2v) is 5.82. The predicted octanol–water partition coefficient (Wildman–Crippen LogP) is 4.98. The summed E-state index contributed by atoms with van der Waals surface area (Å²) in [5, 5.41) is 8.59. The summed E-state index contributed by atoms with van der Waals surface area (Å²) < 4.78 is 0. The Morgan fingerprint density at radius 2 is 1.50 bits per heavy atom. The van der Waals surface area contributed by atoms with Crippen LogP contribution in [0.2, 0.25) is 0 Å². The van der Waals surface area contributed by atoms with E-state index in [2.05, 4.69) is 6.92 Å². The van der Waals surface area contributed by atoms with Crippen LogP contribution in [0.5, 0.6) is 0 Å². The highest BCUT2D eigenvalue weighted by atomic mass is 16.4. The highest BCUT2D eigenvalue weighted by Gasteiger charge is 2.08. The molecule has 0 amide bonds. The number of unbranched alkanes of at least 4 members (excludes halogenated alkanes) is 7. The van der Waals surface area contributed by atoms with Crippen LogP contribution in [0.1, 0.15) is 90.4 Å². The molecule has 0 aromatic rings. The van der Waals surface area contributed by atoms with Crippen LogP contribution in [0.3, 0.4) is 0 Å². The number of aldehydes is 1. The Morgan fingerprint density at radius 3 is 2.05 bits per heavy atom. The van der Waals surface area contributed by atoms with Gasteiger partial charge in [-0.15, -0.1) is 0 Å². The zero-order valence-electron chi connectivity index (χ0n) is 13.1. The SMILES string of the molecule is CCCCCCCCCC(CC=O)CCCCC(=O)O. The molecule has 0 radical (unpaired) electrons. The fraction of sp³-hybridized carbons (Fsp3) is 0.882. The van der Waals surface area contributed by atoms with Crippen molar-refractivity contribution in [3.05, 3.63) is 0 Å². The summed E-state index contributed by atoms with van der Waals surface area (Å²) in [5.74, 6) is -0.249. The van der Waals surface area contributed by atoms with Crippen molar-refractivity contribution >= 4 is 12.3 Å². The van der Waals surface area contributed by atoms with Crippen LogP contribution >= 0.6 is 0 Å². The molecule has 1 N–H and O–H groups in total. The average Bonchev–Trinajstić information content (AvgIpc) is 2.42. The molecule has 0 aliphatic rings. The van der Waals surface area contributed by atoms with E-state index in [1.807, 2.05) is 0 Å². The molecule has 20 heavy (non-hydrogen) atoms. The zero-order chi connectivity index (χ0) is 15.1. The van der Waals surface area contributed by atoms with E-state index in [9.17, 15) is 9.59 Å². The van der Waals surface area contributed by atoms with Crippen molar-refractivity contribution in [2.24, 2.45) is 5.92 Å². The van der Waals surface area contributed by atoms with E-state index >= 15 is 0 Å². The second-order valence-electron chi connectivity index (χ2n) is 5.82. The fourth-order valence-electron chi connectivity index (χ4n) is 2.62. The minimum Gasteiger partial charge on any atom is -0.481 e. The van der Waals surface area contributed by atoms with Crippen molar-refractivity contribution < 1.29 is 14.7 Å². The van der Waals surface area contributed by atoms with E-state index < -0.39 is 5.97 Å². The van der Waals surface area contributed by atoms with Crippen molar-refractivity contribution in [2.75, 3.05) is 0 Å². The Labute approximate surface area is 124 Å². The van der Waals surface area contributed by atoms with Crippen LogP contribution in [0.25, 0.3) is 0 Å². The standard InChI is InChI=1S/C17H32O3/c1-2-3-4-5-6-7-8-11-16(14-15-18)12-9-10-13-17(19)20/h15-16H,2-14H2,1H3,(H,19,20). The molecule has 118 valence electrons. The van der Waals surface area contributed by atoms with Gasteiger partial charge in [-0.3, -0.25) is 4.79 Å². The van der Waals surface area contributed by atoms with Crippen LogP contribution in [0.15, 0.2) is 0 Å². The van der Waals surface area contributed by atoms with E-state index in [0.717, 1.165) is 32.0 Å². The van der Waals surface area contributed by atoms with Crippen LogP contribution in [0, 0.1) is 5.92 Å². The van der Waals surface area contributed by atoms with Gasteiger partial charge in [-0.25, -0.2) is 0 Å². The Bertz CT molecular complexity index is 238. The number of carboxylic acid groups (broad SMARTS) is 1. The zero-order valence-corrected chi connectivity index (χ0v) is 13.1. The first-order valence-electron chi connectivity index (χ1n) is 8.36. The Balaban J connectivity index is 3.53. The van der Waals surface area contributed by atoms with E-state index in [1.54, 1.807) is 0 Å². The van der Waals surface area contributed by atoms with E-state index in [0.29, 0.717) is 12.3 Å². The number of rotatable bonds is 15. The number of aliphatic carboxylic acids is 1. The van der Waals surface area contributed by atoms with Gasteiger partial charge in [0.2, 0.25) is 0 Å². The number of hydrogen-bond acceptors (Lipinski definition) is 2. The maximum atomic E-state index is 10.7. The van der Waals surface area contributed by atoms with Crippen molar-refractivity contribution in [3.8, 4) is 0 Å². The molecule has 1 atom stereocenters. The quantitative estimate of drug-likeness (QED) is 0.341. The fourth-order valence-corrected chi connectivity index (χ4v) is 2.62. The monoisotopic (exact) mass is 284 g/mol. The van der Waals surface area contributed by atoms with Gasteiger partial charge in [-0.1, -0.05) is 71.1 Å². The van der Waals surface area contributed by atoms with Crippen LogP contribution in [-0.4, -0.2) is 17.4 Å². The van der Waals surface area contributed by atoms with Crippen molar-refractivity contribution in [2.45, 2.75) is 90.4 Å². The lowest BCUT2D eigenvalue weighted by molar-refractivity contribution is -0.137. The van der Waals surface area contributed by atoms with Crippen LogP contribution < -0.4 is 0 Å². The third-order valence-electron chi connectivity index (χ3n) is 3.90. The molecule has 0 aliphatic heterocycles. The summed E-state index contributed by atoms with van der Waals surface area (Å²) in [6.07, 6.45) is 14.8. The summed E-state index contributed by atoms with van der Waals surface area (Å²) in [6.45, 7) is 2.23.